The van der Waals surface area contributed by atoms with Gasteiger partial charge in [-0.2, -0.15) is 0 Å². The van der Waals surface area contributed by atoms with Crippen molar-refractivity contribution < 1.29 is 18.5 Å². The van der Waals surface area contributed by atoms with E-state index in [0.717, 1.165) is 0 Å². The van der Waals surface area contributed by atoms with Crippen LogP contribution in [0.2, 0.25) is 0 Å². The normalized spacial score (nSPS) is 10.4. The average molecular weight is 236 g/mol. The van der Waals surface area contributed by atoms with Crippen molar-refractivity contribution in [2.45, 2.75) is 0 Å². The second kappa shape index (κ2) is 5.31. The summed E-state index contributed by atoms with van der Waals surface area (Å²) in [5.74, 6) is 0.656. The van der Waals surface area contributed by atoms with Gasteiger partial charge in [0, 0.05) is 19.7 Å². The van der Waals surface area contributed by atoms with E-state index in [9.17, 15) is 4.79 Å². The van der Waals surface area contributed by atoms with Crippen molar-refractivity contribution in [1.29, 1.82) is 0 Å². The number of carbonyl (C=O) groups is 1. The van der Waals surface area contributed by atoms with E-state index in [1.807, 2.05) is 0 Å². The molecule has 0 aliphatic rings. The van der Waals surface area contributed by atoms with Crippen LogP contribution in [0.5, 0.6) is 0 Å². The first-order valence-electron chi connectivity index (χ1n) is 5.09. The van der Waals surface area contributed by atoms with Crippen molar-refractivity contribution in [3.63, 3.8) is 0 Å². The maximum Gasteiger partial charge on any atom is 0.273 e. The van der Waals surface area contributed by atoms with Crippen LogP contribution in [0.1, 0.15) is 10.5 Å². The Morgan fingerprint density at radius 3 is 3.12 bits per heavy atom. The summed E-state index contributed by atoms with van der Waals surface area (Å²) in [6.07, 6.45) is 1.52. The fourth-order valence-electron chi connectivity index (χ4n) is 1.27. The van der Waals surface area contributed by atoms with Gasteiger partial charge in [-0.15, -0.1) is 0 Å². The first-order chi connectivity index (χ1) is 8.31. The molecule has 0 saturated heterocycles. The third kappa shape index (κ3) is 2.73. The molecule has 0 aromatic carbocycles. The maximum atomic E-state index is 11.6. The summed E-state index contributed by atoms with van der Waals surface area (Å²) in [5.41, 5.74) is 0.215. The Balaban J connectivity index is 2.01. The first-order valence-corrected chi connectivity index (χ1v) is 5.09. The smallest absolute Gasteiger partial charge is 0.273 e. The van der Waals surface area contributed by atoms with Crippen LogP contribution in [0, 0.1) is 0 Å². The minimum Gasteiger partial charge on any atom is -0.461 e. The predicted molar refractivity (Wildman–Crippen MR) is 58.4 cm³/mol. The molecule has 0 aliphatic heterocycles. The van der Waals surface area contributed by atoms with Crippen LogP contribution in [0.3, 0.4) is 0 Å². The Labute approximate surface area is 97.5 Å². The van der Waals surface area contributed by atoms with Crippen LogP contribution in [-0.4, -0.2) is 31.3 Å². The topological polar surface area (TPSA) is 77.5 Å². The second-order valence-corrected chi connectivity index (χ2v) is 3.30. The fourth-order valence-corrected chi connectivity index (χ4v) is 1.27. The molecule has 1 N–H and O–H groups in total. The van der Waals surface area contributed by atoms with Gasteiger partial charge in [0.25, 0.3) is 5.91 Å². The van der Waals surface area contributed by atoms with E-state index < -0.39 is 0 Å². The largest absolute Gasteiger partial charge is 0.461 e. The number of nitrogens with zero attached hydrogens (tertiary/aromatic N) is 1. The predicted octanol–water partition coefficient (Wildman–Crippen LogP) is 1.31. The molecule has 17 heavy (non-hydrogen) atoms. The van der Waals surface area contributed by atoms with Crippen molar-refractivity contribution >= 4 is 5.91 Å². The zero-order valence-electron chi connectivity index (χ0n) is 9.30. The first kappa shape index (κ1) is 11.4. The Bertz CT molecular complexity index is 475. The minimum absolute atomic E-state index is 0.215. The van der Waals surface area contributed by atoms with Crippen molar-refractivity contribution in [1.82, 2.24) is 10.5 Å². The molecular weight excluding hydrogens is 224 g/mol. The lowest BCUT2D eigenvalue weighted by atomic mass is 10.3. The van der Waals surface area contributed by atoms with Crippen LogP contribution >= 0.6 is 0 Å². The van der Waals surface area contributed by atoms with Crippen LogP contribution in [0.15, 0.2) is 33.4 Å². The zero-order valence-corrected chi connectivity index (χ0v) is 9.30. The summed E-state index contributed by atoms with van der Waals surface area (Å²) in [6.45, 7) is 0.882. The molecule has 0 radical (unpaired) electrons. The molecule has 0 unspecified atom stereocenters. The molecule has 2 aromatic heterocycles. The van der Waals surface area contributed by atoms with Gasteiger partial charge in [0.05, 0.1) is 12.9 Å². The molecule has 0 fully saturated rings. The Kier molecular flexibility index (Phi) is 3.56. The lowest BCUT2D eigenvalue weighted by molar-refractivity contribution is 0.0928. The van der Waals surface area contributed by atoms with Gasteiger partial charge in [-0.3, -0.25) is 4.79 Å². The van der Waals surface area contributed by atoms with E-state index in [1.54, 1.807) is 19.2 Å². The van der Waals surface area contributed by atoms with Crippen LogP contribution in [-0.2, 0) is 4.74 Å². The Morgan fingerprint density at radius 2 is 2.41 bits per heavy atom. The van der Waals surface area contributed by atoms with Crippen LogP contribution in [0.25, 0.3) is 11.5 Å². The molecule has 1 amide bonds. The summed E-state index contributed by atoms with van der Waals surface area (Å²) < 4.78 is 14.9. The Hall–Kier alpha value is -2.08. The number of ether oxygens (including phenoxy) is 1. The molecule has 0 atom stereocenters. The second-order valence-electron chi connectivity index (χ2n) is 3.30. The molecular formula is C11H12N2O4. The molecule has 2 rings (SSSR count). The van der Waals surface area contributed by atoms with E-state index in [4.69, 9.17) is 13.7 Å². The molecule has 2 aromatic rings. The molecule has 0 saturated carbocycles. The Morgan fingerprint density at radius 1 is 1.53 bits per heavy atom. The summed E-state index contributed by atoms with van der Waals surface area (Å²) in [5, 5.41) is 6.30. The van der Waals surface area contributed by atoms with Gasteiger partial charge in [-0.1, -0.05) is 5.16 Å². The number of hydrogen-bond acceptors (Lipinski definition) is 5. The maximum absolute atomic E-state index is 11.6. The number of carbonyl (C=O) groups excluding carboxylic acids is 1. The number of nitrogens with one attached hydrogen (secondary N) is 1. The van der Waals surface area contributed by atoms with Gasteiger partial charge in [0.15, 0.2) is 11.5 Å². The van der Waals surface area contributed by atoms with Crippen molar-refractivity contribution in [3.8, 4) is 11.5 Å². The van der Waals surface area contributed by atoms with Gasteiger partial charge in [0.2, 0.25) is 5.76 Å². The molecule has 0 bridgehead atoms. The highest BCUT2D eigenvalue weighted by atomic mass is 16.5. The summed E-state index contributed by atoms with van der Waals surface area (Å²) in [4.78, 5) is 11.6. The standard InChI is InChI=1S/C11H12N2O4/c1-15-6-4-12-11(14)8-7-10(17-13-8)9-3-2-5-16-9/h2-3,5,7H,4,6H2,1H3,(H,12,14). The lowest BCUT2D eigenvalue weighted by Gasteiger charge is -1.99. The van der Waals surface area contributed by atoms with Gasteiger partial charge < -0.3 is 19.0 Å². The van der Waals surface area contributed by atoms with Crippen molar-refractivity contribution in [3.05, 3.63) is 30.2 Å². The van der Waals surface area contributed by atoms with Crippen molar-refractivity contribution in [2.75, 3.05) is 20.3 Å². The highest BCUT2D eigenvalue weighted by molar-refractivity contribution is 5.92. The zero-order chi connectivity index (χ0) is 12.1. The molecule has 0 spiro atoms. The van der Waals surface area contributed by atoms with Crippen LogP contribution in [0.4, 0.5) is 0 Å². The van der Waals surface area contributed by atoms with Gasteiger partial charge >= 0.3 is 0 Å². The number of methoxy groups -OCH3 is 1. The highest BCUT2D eigenvalue weighted by Gasteiger charge is 2.14. The molecule has 90 valence electrons. The van der Waals surface area contributed by atoms with Crippen LogP contribution < -0.4 is 5.32 Å². The molecule has 2 heterocycles. The van der Waals surface area contributed by atoms with E-state index in [-0.39, 0.29) is 11.6 Å². The monoisotopic (exact) mass is 236 g/mol. The quantitative estimate of drug-likeness (QED) is 0.792. The van der Waals surface area contributed by atoms with Gasteiger partial charge in [-0.05, 0) is 12.1 Å². The number of hydrogen-bond donors (Lipinski definition) is 1. The van der Waals surface area contributed by atoms with E-state index in [2.05, 4.69) is 10.5 Å². The summed E-state index contributed by atoms with van der Waals surface area (Å²) in [7, 11) is 1.57. The number of aromatic nitrogens is 1. The number of rotatable bonds is 5. The molecule has 6 heteroatoms. The third-order valence-electron chi connectivity index (χ3n) is 2.10. The van der Waals surface area contributed by atoms with E-state index >= 15 is 0 Å². The van der Waals surface area contributed by atoms with Gasteiger partial charge in [-0.25, -0.2) is 0 Å². The average Bonchev–Trinajstić information content (AvgIpc) is 3.00. The minimum atomic E-state index is -0.302. The number of furan rings is 1. The van der Waals surface area contributed by atoms with Crippen molar-refractivity contribution in [2.24, 2.45) is 0 Å². The van der Waals surface area contributed by atoms with E-state index in [1.165, 1.54) is 12.3 Å². The summed E-state index contributed by atoms with van der Waals surface area (Å²) >= 11 is 0. The number of amides is 1. The highest BCUT2D eigenvalue weighted by Crippen LogP contribution is 2.20. The van der Waals surface area contributed by atoms with E-state index in [0.29, 0.717) is 24.7 Å². The van der Waals surface area contributed by atoms with Gasteiger partial charge in [0.1, 0.15) is 0 Å². The summed E-state index contributed by atoms with van der Waals surface area (Å²) in [6, 6.07) is 4.99. The fraction of sp³-hybridized carbons (Fsp3) is 0.273. The molecule has 6 nitrogen and oxygen atoms in total. The SMILES string of the molecule is COCCNC(=O)c1cc(-c2ccco2)on1. The third-order valence-corrected chi connectivity index (χ3v) is 2.10. The molecule has 0 aliphatic carbocycles. The lowest BCUT2D eigenvalue weighted by Crippen LogP contribution is -2.27.